The smallest absolute Gasteiger partial charge is 0.319 e. The zero-order valence-corrected chi connectivity index (χ0v) is 22.7. The number of hydrogen-bond donors (Lipinski definition) is 5. The molecule has 0 aliphatic carbocycles. The first-order chi connectivity index (χ1) is 16.7. The highest BCUT2D eigenvalue weighted by molar-refractivity contribution is 6.14. The van der Waals surface area contributed by atoms with Crippen molar-refractivity contribution in [3.05, 3.63) is 78.4 Å². The average Bonchev–Trinajstić information content (AvgIpc) is 2.86. The van der Waals surface area contributed by atoms with Crippen LogP contribution in [0.5, 0.6) is 0 Å². The lowest BCUT2D eigenvalue weighted by Crippen LogP contribution is -2.36. The summed E-state index contributed by atoms with van der Waals surface area (Å²) in [6, 6.07) is 22.4. The maximum atomic E-state index is 13.0. The van der Waals surface area contributed by atoms with Gasteiger partial charge in [-0.1, -0.05) is 48.5 Å². The third-order valence-electron chi connectivity index (χ3n) is 5.36. The number of carbonyl (C=O) groups is 2. The Labute approximate surface area is 234 Å². The highest BCUT2D eigenvalue weighted by Crippen LogP contribution is 2.32. The van der Waals surface area contributed by atoms with Gasteiger partial charge in [0, 0.05) is 42.6 Å². The fourth-order valence-electron chi connectivity index (χ4n) is 3.74. The summed E-state index contributed by atoms with van der Waals surface area (Å²) in [5.74, 6) is -0.236. The van der Waals surface area contributed by atoms with Crippen LogP contribution in [0.4, 0.5) is 16.2 Å². The van der Waals surface area contributed by atoms with Crippen LogP contribution in [0, 0.1) is 0 Å². The van der Waals surface area contributed by atoms with Crippen LogP contribution in [0.1, 0.15) is 10.4 Å². The maximum Gasteiger partial charge on any atom is 0.319 e. The Balaban J connectivity index is 0.00000228. The van der Waals surface area contributed by atoms with E-state index in [1.165, 1.54) is 0 Å². The third-order valence-corrected chi connectivity index (χ3v) is 5.36. The lowest BCUT2D eigenvalue weighted by atomic mass is 10.0. The number of rotatable bonds is 9. The summed E-state index contributed by atoms with van der Waals surface area (Å²) in [4.78, 5) is 29.8. The number of halogens is 3. The van der Waals surface area contributed by atoms with Crippen molar-refractivity contribution >= 4 is 82.3 Å². The first kappa shape index (κ1) is 31.7. The van der Waals surface area contributed by atoms with Crippen molar-refractivity contribution in [3.8, 4) is 0 Å². The van der Waals surface area contributed by atoms with Gasteiger partial charge in [0.2, 0.25) is 0 Å². The van der Waals surface area contributed by atoms with Crippen LogP contribution in [0.3, 0.4) is 0 Å². The van der Waals surface area contributed by atoms with E-state index in [1.807, 2.05) is 61.6 Å². The van der Waals surface area contributed by atoms with E-state index >= 15 is 0 Å². The molecule has 198 valence electrons. The largest absolute Gasteiger partial charge is 0.383 e. The number of nitrogens with zero attached hydrogens (tertiary/aromatic N) is 1. The predicted molar refractivity (Wildman–Crippen MR) is 159 cm³/mol. The number of fused-ring (bicyclic) bond motifs is 2. The zero-order chi connectivity index (χ0) is 23.8. The number of amides is 3. The van der Waals surface area contributed by atoms with Gasteiger partial charge in [0.15, 0.2) is 0 Å². The molecule has 4 rings (SSSR count). The number of urea groups is 1. The van der Waals surface area contributed by atoms with Gasteiger partial charge < -0.3 is 26.6 Å². The fraction of sp³-hybridized carbons (Fsp3) is 0.192. The van der Waals surface area contributed by atoms with Crippen molar-refractivity contribution < 1.29 is 9.59 Å². The standard InChI is InChI=1S/C26H28N6O2.3ClH/c1-27-14-15-28-23-19-10-5-6-13-22(19)32-24-20(23)11-7-12-21(24)25(33)29-16-17-30-26(34)31-18-8-3-2-4-9-18;;;/h2-13,27H,14-17H2,1H3,(H,28,32)(H,29,33)(H2,30,31,34);3*1H. The summed E-state index contributed by atoms with van der Waals surface area (Å²) >= 11 is 0. The minimum absolute atomic E-state index is 0. The molecule has 11 heteroatoms. The Morgan fingerprint density at radius 2 is 1.41 bits per heavy atom. The van der Waals surface area contributed by atoms with Gasteiger partial charge in [0.1, 0.15) is 0 Å². The van der Waals surface area contributed by atoms with Crippen molar-refractivity contribution in [3.63, 3.8) is 0 Å². The molecular formula is C26H31Cl3N6O2. The van der Waals surface area contributed by atoms with Crippen LogP contribution >= 0.6 is 37.2 Å². The monoisotopic (exact) mass is 564 g/mol. The number of hydrogen-bond acceptors (Lipinski definition) is 5. The Morgan fingerprint density at radius 3 is 2.16 bits per heavy atom. The van der Waals surface area contributed by atoms with Crippen LogP contribution in [0.25, 0.3) is 21.8 Å². The minimum atomic E-state index is -0.323. The van der Waals surface area contributed by atoms with Crippen molar-refractivity contribution in [1.82, 2.24) is 20.9 Å². The second-order valence-corrected chi connectivity index (χ2v) is 7.74. The molecule has 3 aromatic carbocycles. The number of anilines is 2. The van der Waals surface area contributed by atoms with Crippen LogP contribution < -0.4 is 26.6 Å². The molecule has 4 aromatic rings. The molecule has 1 heterocycles. The predicted octanol–water partition coefficient (Wildman–Crippen LogP) is 4.84. The summed E-state index contributed by atoms with van der Waals surface area (Å²) in [6.45, 7) is 2.14. The van der Waals surface area contributed by atoms with Gasteiger partial charge in [-0.25, -0.2) is 9.78 Å². The van der Waals surface area contributed by atoms with E-state index in [0.717, 1.165) is 35.1 Å². The summed E-state index contributed by atoms with van der Waals surface area (Å²) in [5.41, 5.74) is 3.62. The number of aromatic nitrogens is 1. The molecule has 0 unspecified atom stereocenters. The number of para-hydroxylation sites is 3. The molecule has 3 amide bonds. The normalized spacial score (nSPS) is 9.86. The fourth-order valence-corrected chi connectivity index (χ4v) is 3.74. The molecule has 0 bridgehead atoms. The summed E-state index contributed by atoms with van der Waals surface area (Å²) in [7, 11) is 1.91. The van der Waals surface area contributed by atoms with E-state index in [9.17, 15) is 9.59 Å². The second-order valence-electron chi connectivity index (χ2n) is 7.74. The van der Waals surface area contributed by atoms with Gasteiger partial charge in [-0.3, -0.25) is 4.79 Å². The molecule has 0 saturated heterocycles. The van der Waals surface area contributed by atoms with E-state index in [-0.39, 0.29) is 55.7 Å². The van der Waals surface area contributed by atoms with Gasteiger partial charge in [0.25, 0.3) is 5.91 Å². The molecule has 8 nitrogen and oxygen atoms in total. The SMILES string of the molecule is CNCCNc1c2ccccc2nc2c(C(=O)NCCNC(=O)Nc3ccccc3)cccc12.Cl.Cl.Cl. The highest BCUT2D eigenvalue weighted by Gasteiger charge is 2.15. The van der Waals surface area contributed by atoms with Gasteiger partial charge in [-0.15, -0.1) is 37.2 Å². The summed E-state index contributed by atoms with van der Waals surface area (Å²) in [6.07, 6.45) is 0. The number of pyridine rings is 1. The lowest BCUT2D eigenvalue weighted by molar-refractivity contribution is 0.0955. The van der Waals surface area contributed by atoms with Crippen LogP contribution in [-0.2, 0) is 0 Å². The number of carbonyl (C=O) groups excluding carboxylic acids is 2. The highest BCUT2D eigenvalue weighted by atomic mass is 35.5. The third kappa shape index (κ3) is 8.10. The Kier molecular flexibility index (Phi) is 13.5. The lowest BCUT2D eigenvalue weighted by Gasteiger charge is -2.15. The molecule has 0 aliphatic heterocycles. The van der Waals surface area contributed by atoms with Crippen molar-refractivity contribution in [2.45, 2.75) is 0 Å². The molecular weight excluding hydrogens is 535 g/mol. The molecule has 37 heavy (non-hydrogen) atoms. The number of benzene rings is 3. The number of likely N-dealkylation sites (N-methyl/N-ethyl adjacent to an activating group) is 1. The maximum absolute atomic E-state index is 13.0. The van der Waals surface area contributed by atoms with E-state index in [1.54, 1.807) is 18.2 Å². The minimum Gasteiger partial charge on any atom is -0.383 e. The molecule has 0 saturated carbocycles. The van der Waals surface area contributed by atoms with E-state index in [0.29, 0.717) is 23.3 Å². The van der Waals surface area contributed by atoms with Crippen molar-refractivity contribution in [1.29, 1.82) is 0 Å². The molecule has 0 fully saturated rings. The molecule has 0 aliphatic rings. The van der Waals surface area contributed by atoms with E-state index in [2.05, 4.69) is 26.6 Å². The second kappa shape index (κ2) is 15.7. The van der Waals surface area contributed by atoms with E-state index < -0.39 is 0 Å². The number of nitrogens with one attached hydrogen (secondary N) is 5. The molecule has 0 spiro atoms. The summed E-state index contributed by atoms with van der Waals surface area (Å²) < 4.78 is 0. The van der Waals surface area contributed by atoms with Gasteiger partial charge in [0.05, 0.1) is 22.3 Å². The molecule has 0 atom stereocenters. The quantitative estimate of drug-likeness (QED) is 0.148. The van der Waals surface area contributed by atoms with Gasteiger partial charge in [-0.05, 0) is 31.3 Å². The molecule has 1 aromatic heterocycles. The van der Waals surface area contributed by atoms with Gasteiger partial charge in [-0.2, -0.15) is 0 Å². The Hall–Kier alpha value is -3.30. The molecule has 0 radical (unpaired) electrons. The molecule has 5 N–H and O–H groups in total. The van der Waals surface area contributed by atoms with Crippen molar-refractivity contribution in [2.24, 2.45) is 0 Å². The van der Waals surface area contributed by atoms with Gasteiger partial charge >= 0.3 is 6.03 Å². The van der Waals surface area contributed by atoms with E-state index in [4.69, 9.17) is 4.98 Å². The van der Waals surface area contributed by atoms with Crippen LogP contribution in [0.2, 0.25) is 0 Å². The Bertz CT molecular complexity index is 1310. The van der Waals surface area contributed by atoms with Crippen LogP contribution in [-0.4, -0.2) is 50.1 Å². The first-order valence-corrected chi connectivity index (χ1v) is 11.3. The summed E-state index contributed by atoms with van der Waals surface area (Å²) in [5, 5.41) is 16.9. The first-order valence-electron chi connectivity index (χ1n) is 11.3. The van der Waals surface area contributed by atoms with Crippen molar-refractivity contribution in [2.75, 3.05) is 43.9 Å². The zero-order valence-electron chi connectivity index (χ0n) is 20.2. The Morgan fingerprint density at radius 1 is 0.730 bits per heavy atom. The average molecular weight is 566 g/mol. The topological polar surface area (TPSA) is 107 Å². The van der Waals surface area contributed by atoms with Crippen LogP contribution in [0.15, 0.2) is 72.8 Å².